The standard InChI is InChI=1S/C18H24N2O/c1-13-10-14-4-2-3-5-16(14)20(12-13)17(21)15-11-18(15)6-8-19-9-7-18/h2-5,13,15,19H,6-12H2,1H3. The van der Waals surface area contributed by atoms with Crippen LogP contribution in [0.15, 0.2) is 24.3 Å². The van der Waals surface area contributed by atoms with Gasteiger partial charge in [0.2, 0.25) is 5.91 Å². The minimum Gasteiger partial charge on any atom is -0.317 e. The maximum absolute atomic E-state index is 13.0. The van der Waals surface area contributed by atoms with Gasteiger partial charge in [0, 0.05) is 18.2 Å². The highest BCUT2D eigenvalue weighted by molar-refractivity contribution is 5.98. The molecule has 2 atom stereocenters. The van der Waals surface area contributed by atoms with Gasteiger partial charge in [0.25, 0.3) is 0 Å². The van der Waals surface area contributed by atoms with Crippen LogP contribution in [0.3, 0.4) is 0 Å². The summed E-state index contributed by atoms with van der Waals surface area (Å²) < 4.78 is 0. The summed E-state index contributed by atoms with van der Waals surface area (Å²) in [6.07, 6.45) is 4.56. The van der Waals surface area contributed by atoms with Gasteiger partial charge >= 0.3 is 0 Å². The van der Waals surface area contributed by atoms with E-state index in [9.17, 15) is 4.79 Å². The van der Waals surface area contributed by atoms with Crippen molar-refractivity contribution in [2.45, 2.75) is 32.6 Å². The number of hydrogen-bond donors (Lipinski definition) is 1. The molecular weight excluding hydrogens is 260 g/mol. The average molecular weight is 284 g/mol. The van der Waals surface area contributed by atoms with Gasteiger partial charge in [-0.25, -0.2) is 0 Å². The van der Waals surface area contributed by atoms with Crippen molar-refractivity contribution in [3.63, 3.8) is 0 Å². The number of anilines is 1. The molecule has 3 heteroatoms. The molecule has 2 heterocycles. The van der Waals surface area contributed by atoms with E-state index >= 15 is 0 Å². The van der Waals surface area contributed by atoms with Gasteiger partial charge in [-0.1, -0.05) is 25.1 Å². The molecular formula is C18H24N2O. The van der Waals surface area contributed by atoms with E-state index in [4.69, 9.17) is 0 Å². The van der Waals surface area contributed by atoms with Crippen LogP contribution in [0.1, 0.15) is 31.7 Å². The van der Waals surface area contributed by atoms with Crippen LogP contribution in [0.4, 0.5) is 5.69 Å². The zero-order valence-electron chi connectivity index (χ0n) is 12.8. The van der Waals surface area contributed by atoms with Crippen LogP contribution in [0.2, 0.25) is 0 Å². The molecule has 2 fully saturated rings. The summed E-state index contributed by atoms with van der Waals surface area (Å²) in [5, 5.41) is 3.42. The summed E-state index contributed by atoms with van der Waals surface area (Å²) in [7, 11) is 0. The molecule has 1 amide bonds. The van der Waals surface area contributed by atoms with E-state index in [0.29, 0.717) is 17.2 Å². The third kappa shape index (κ3) is 2.18. The number of hydrogen-bond acceptors (Lipinski definition) is 2. The lowest BCUT2D eigenvalue weighted by molar-refractivity contribution is -0.121. The Bertz CT molecular complexity index is 562. The molecule has 1 saturated carbocycles. The molecule has 0 radical (unpaired) electrons. The van der Waals surface area contributed by atoms with Crippen molar-refractivity contribution in [3.05, 3.63) is 29.8 Å². The van der Waals surface area contributed by atoms with Crippen LogP contribution in [0.5, 0.6) is 0 Å². The van der Waals surface area contributed by atoms with E-state index in [2.05, 4.69) is 41.4 Å². The number of benzene rings is 1. The number of carbonyl (C=O) groups excluding carboxylic acids is 1. The van der Waals surface area contributed by atoms with Gasteiger partial charge in [0.15, 0.2) is 0 Å². The average Bonchev–Trinajstić information content (AvgIpc) is 3.19. The van der Waals surface area contributed by atoms with Gasteiger partial charge in [-0.05, 0) is 61.7 Å². The second-order valence-corrected chi connectivity index (χ2v) is 7.26. The van der Waals surface area contributed by atoms with E-state index < -0.39 is 0 Å². The number of rotatable bonds is 1. The first-order valence-corrected chi connectivity index (χ1v) is 8.30. The third-order valence-corrected chi connectivity index (χ3v) is 5.70. The summed E-state index contributed by atoms with van der Waals surface area (Å²) in [6, 6.07) is 8.45. The number of para-hydroxylation sites is 1. The van der Waals surface area contributed by atoms with E-state index in [1.165, 1.54) is 18.4 Å². The van der Waals surface area contributed by atoms with E-state index in [1.807, 2.05) is 0 Å². The van der Waals surface area contributed by atoms with Gasteiger partial charge in [-0.3, -0.25) is 4.79 Å². The Labute approximate surface area is 126 Å². The van der Waals surface area contributed by atoms with Crippen molar-refractivity contribution in [1.82, 2.24) is 5.32 Å². The van der Waals surface area contributed by atoms with Crippen LogP contribution in [-0.4, -0.2) is 25.5 Å². The lowest BCUT2D eigenvalue weighted by Gasteiger charge is -2.34. The number of amides is 1. The maximum Gasteiger partial charge on any atom is 0.230 e. The monoisotopic (exact) mass is 284 g/mol. The van der Waals surface area contributed by atoms with Crippen LogP contribution in [0, 0.1) is 17.3 Å². The molecule has 1 aromatic rings. The molecule has 1 N–H and O–H groups in total. The predicted octanol–water partition coefficient (Wildman–Crippen LogP) is 2.60. The van der Waals surface area contributed by atoms with Crippen LogP contribution in [0.25, 0.3) is 0 Å². The number of nitrogens with one attached hydrogen (secondary N) is 1. The Kier molecular flexibility index (Phi) is 3.07. The lowest BCUT2D eigenvalue weighted by Crippen LogP contribution is -2.41. The molecule has 3 aliphatic rings. The molecule has 1 spiro atoms. The Morgan fingerprint density at radius 1 is 1.29 bits per heavy atom. The summed E-state index contributed by atoms with van der Waals surface area (Å²) in [6.45, 7) is 5.30. The third-order valence-electron chi connectivity index (χ3n) is 5.70. The van der Waals surface area contributed by atoms with Crippen molar-refractivity contribution >= 4 is 11.6 Å². The molecule has 112 valence electrons. The Morgan fingerprint density at radius 3 is 2.86 bits per heavy atom. The molecule has 21 heavy (non-hydrogen) atoms. The summed E-state index contributed by atoms with van der Waals surface area (Å²) in [5.41, 5.74) is 2.83. The van der Waals surface area contributed by atoms with Gasteiger partial charge in [0.05, 0.1) is 0 Å². The highest BCUT2D eigenvalue weighted by atomic mass is 16.2. The van der Waals surface area contributed by atoms with Crippen molar-refractivity contribution in [1.29, 1.82) is 0 Å². The fraction of sp³-hybridized carbons (Fsp3) is 0.611. The minimum absolute atomic E-state index is 0.276. The fourth-order valence-electron chi connectivity index (χ4n) is 4.37. The van der Waals surface area contributed by atoms with E-state index in [1.54, 1.807) is 0 Å². The summed E-state index contributed by atoms with van der Waals surface area (Å²) in [5.74, 6) is 1.22. The first-order valence-electron chi connectivity index (χ1n) is 8.30. The molecule has 2 aliphatic heterocycles. The Morgan fingerprint density at radius 2 is 2.05 bits per heavy atom. The van der Waals surface area contributed by atoms with Gasteiger partial charge < -0.3 is 10.2 Å². The molecule has 1 aromatic carbocycles. The summed E-state index contributed by atoms with van der Waals surface area (Å²) in [4.78, 5) is 15.1. The molecule has 3 nitrogen and oxygen atoms in total. The number of carbonyl (C=O) groups is 1. The molecule has 4 rings (SSSR count). The highest BCUT2D eigenvalue weighted by Gasteiger charge is 2.58. The SMILES string of the molecule is CC1Cc2ccccc2N(C(=O)C2CC23CCNCC3)C1. The van der Waals surface area contributed by atoms with Gasteiger partial charge in [-0.15, -0.1) is 0 Å². The molecule has 1 saturated heterocycles. The second-order valence-electron chi connectivity index (χ2n) is 7.26. The Hall–Kier alpha value is -1.35. The van der Waals surface area contributed by atoms with Crippen molar-refractivity contribution < 1.29 is 4.79 Å². The molecule has 2 unspecified atom stereocenters. The molecule has 1 aliphatic carbocycles. The second kappa shape index (κ2) is 4.84. The van der Waals surface area contributed by atoms with E-state index in [-0.39, 0.29) is 5.92 Å². The lowest BCUT2D eigenvalue weighted by atomic mass is 9.90. The zero-order valence-corrected chi connectivity index (χ0v) is 12.8. The minimum atomic E-state index is 0.276. The number of piperidine rings is 1. The van der Waals surface area contributed by atoms with Crippen LogP contribution >= 0.6 is 0 Å². The highest BCUT2D eigenvalue weighted by Crippen LogP contribution is 2.59. The maximum atomic E-state index is 13.0. The smallest absolute Gasteiger partial charge is 0.230 e. The first kappa shape index (κ1) is 13.3. The molecule has 0 bridgehead atoms. The predicted molar refractivity (Wildman–Crippen MR) is 84.3 cm³/mol. The van der Waals surface area contributed by atoms with Crippen molar-refractivity contribution in [2.75, 3.05) is 24.5 Å². The normalized spacial score (nSPS) is 30.0. The topological polar surface area (TPSA) is 32.3 Å². The van der Waals surface area contributed by atoms with Crippen molar-refractivity contribution in [2.24, 2.45) is 17.3 Å². The van der Waals surface area contributed by atoms with E-state index in [0.717, 1.165) is 38.2 Å². The van der Waals surface area contributed by atoms with Gasteiger partial charge in [0.1, 0.15) is 0 Å². The Balaban J connectivity index is 1.58. The fourth-order valence-corrected chi connectivity index (χ4v) is 4.37. The zero-order chi connectivity index (χ0) is 14.4. The van der Waals surface area contributed by atoms with Gasteiger partial charge in [-0.2, -0.15) is 0 Å². The molecule has 0 aromatic heterocycles. The van der Waals surface area contributed by atoms with Crippen LogP contribution in [-0.2, 0) is 11.2 Å². The first-order chi connectivity index (χ1) is 10.2. The number of fused-ring (bicyclic) bond motifs is 1. The quantitative estimate of drug-likeness (QED) is 0.860. The van der Waals surface area contributed by atoms with Crippen LogP contribution < -0.4 is 10.2 Å². The van der Waals surface area contributed by atoms with Crippen molar-refractivity contribution in [3.8, 4) is 0 Å². The number of nitrogens with zero attached hydrogens (tertiary/aromatic N) is 1. The summed E-state index contributed by atoms with van der Waals surface area (Å²) >= 11 is 0. The largest absolute Gasteiger partial charge is 0.317 e.